The Morgan fingerprint density at radius 1 is 1.43 bits per heavy atom. The highest BCUT2D eigenvalue weighted by Gasteiger charge is 2.16. The van der Waals surface area contributed by atoms with Gasteiger partial charge in [0.2, 0.25) is 5.88 Å². The van der Waals surface area contributed by atoms with E-state index in [9.17, 15) is 0 Å². The van der Waals surface area contributed by atoms with Crippen LogP contribution in [0.2, 0.25) is 0 Å². The number of imidazole rings is 1. The zero-order valence-corrected chi connectivity index (χ0v) is 13.7. The number of hydrogen-bond donors (Lipinski definition) is 1. The molecular weight excluding hydrogens is 284 g/mol. The Morgan fingerprint density at radius 3 is 3.00 bits per heavy atom. The van der Waals surface area contributed by atoms with Gasteiger partial charge in [-0.25, -0.2) is 0 Å². The predicted molar refractivity (Wildman–Crippen MR) is 86.2 cm³/mol. The Balaban J connectivity index is 1.52. The van der Waals surface area contributed by atoms with E-state index in [2.05, 4.69) is 38.1 Å². The van der Waals surface area contributed by atoms with Crippen molar-refractivity contribution in [3.8, 4) is 5.88 Å². The third-order valence-electron chi connectivity index (χ3n) is 4.07. The second kappa shape index (κ2) is 6.77. The molecule has 116 valence electrons. The summed E-state index contributed by atoms with van der Waals surface area (Å²) in [4.78, 5) is 8.05. The lowest BCUT2D eigenvalue weighted by molar-refractivity contribution is 0.282. The van der Waals surface area contributed by atoms with Crippen molar-refractivity contribution in [1.29, 1.82) is 0 Å². The molecule has 5 nitrogen and oxygen atoms in total. The van der Waals surface area contributed by atoms with E-state index in [0.717, 1.165) is 29.6 Å². The summed E-state index contributed by atoms with van der Waals surface area (Å²) in [6.45, 7) is 7.89. The molecule has 0 amide bonds. The summed E-state index contributed by atoms with van der Waals surface area (Å²) in [5, 5.41) is 5.61. The molecule has 0 aromatic carbocycles. The van der Waals surface area contributed by atoms with Crippen LogP contribution in [0.3, 0.4) is 0 Å². The third-order valence-corrected chi connectivity index (χ3v) is 4.83. The Morgan fingerprint density at radius 2 is 2.24 bits per heavy atom. The van der Waals surface area contributed by atoms with Crippen LogP contribution in [0, 0.1) is 5.92 Å². The number of rotatable bonds is 7. The van der Waals surface area contributed by atoms with Crippen LogP contribution >= 0.6 is 11.3 Å². The van der Waals surface area contributed by atoms with Gasteiger partial charge in [-0.3, -0.25) is 4.40 Å². The maximum absolute atomic E-state index is 5.38. The van der Waals surface area contributed by atoms with E-state index in [0.29, 0.717) is 5.92 Å². The Bertz CT molecular complexity index is 573. The van der Waals surface area contributed by atoms with Crippen LogP contribution in [0.4, 0.5) is 0 Å². The van der Waals surface area contributed by atoms with Gasteiger partial charge in [-0.05, 0) is 38.4 Å². The third kappa shape index (κ3) is 3.39. The molecule has 1 unspecified atom stereocenters. The van der Waals surface area contributed by atoms with E-state index in [4.69, 9.17) is 4.74 Å². The van der Waals surface area contributed by atoms with Crippen LogP contribution in [0.1, 0.15) is 25.5 Å². The maximum atomic E-state index is 5.38. The van der Waals surface area contributed by atoms with Gasteiger partial charge in [-0.1, -0.05) is 6.92 Å². The second-order valence-corrected chi connectivity index (χ2v) is 6.74. The van der Waals surface area contributed by atoms with Gasteiger partial charge < -0.3 is 15.0 Å². The van der Waals surface area contributed by atoms with Crippen LogP contribution in [-0.2, 0) is 6.54 Å². The van der Waals surface area contributed by atoms with Crippen molar-refractivity contribution in [3.63, 3.8) is 0 Å². The molecule has 2 aromatic heterocycles. The van der Waals surface area contributed by atoms with E-state index < -0.39 is 0 Å². The number of likely N-dealkylation sites (tertiary alicyclic amines) is 1. The molecule has 1 fully saturated rings. The molecule has 0 aliphatic carbocycles. The first kappa shape index (κ1) is 14.8. The number of nitrogens with zero attached hydrogens (tertiary/aromatic N) is 3. The number of aromatic nitrogens is 2. The van der Waals surface area contributed by atoms with E-state index >= 15 is 0 Å². The van der Waals surface area contributed by atoms with Crippen LogP contribution in [0.5, 0.6) is 5.88 Å². The van der Waals surface area contributed by atoms with E-state index in [1.165, 1.54) is 32.5 Å². The molecule has 0 saturated carbocycles. The van der Waals surface area contributed by atoms with Crippen molar-refractivity contribution >= 4 is 16.3 Å². The molecule has 2 aromatic rings. The molecule has 1 aliphatic rings. The van der Waals surface area contributed by atoms with Crippen molar-refractivity contribution in [1.82, 2.24) is 19.6 Å². The summed E-state index contributed by atoms with van der Waals surface area (Å²) in [5.41, 5.74) is 1.11. The van der Waals surface area contributed by atoms with Gasteiger partial charge in [0.05, 0.1) is 7.11 Å². The first-order valence-electron chi connectivity index (χ1n) is 7.69. The molecule has 1 N–H and O–H groups in total. The first-order chi connectivity index (χ1) is 10.3. The van der Waals surface area contributed by atoms with Crippen LogP contribution in [0.15, 0.2) is 11.6 Å². The smallest absolute Gasteiger partial charge is 0.237 e. The molecule has 3 rings (SSSR count). The minimum Gasteiger partial charge on any atom is -0.480 e. The zero-order chi connectivity index (χ0) is 14.7. The molecule has 0 bridgehead atoms. The number of ether oxygens (including phenoxy) is 1. The molecule has 1 atom stereocenters. The predicted octanol–water partition coefficient (Wildman–Crippen LogP) is 2.23. The topological polar surface area (TPSA) is 41.8 Å². The SMILES string of the molecule is COc1nc2sccn2c1CNCC(C)CN1CCCC1. The lowest BCUT2D eigenvalue weighted by Gasteiger charge is -2.20. The minimum atomic E-state index is 0.667. The lowest BCUT2D eigenvalue weighted by Crippen LogP contribution is -2.31. The Labute approximate surface area is 129 Å². The van der Waals surface area contributed by atoms with Crippen molar-refractivity contribution in [2.75, 3.05) is 33.3 Å². The van der Waals surface area contributed by atoms with Crippen molar-refractivity contribution in [3.05, 3.63) is 17.3 Å². The van der Waals surface area contributed by atoms with Crippen molar-refractivity contribution in [2.24, 2.45) is 5.92 Å². The molecule has 21 heavy (non-hydrogen) atoms. The monoisotopic (exact) mass is 308 g/mol. The fourth-order valence-electron chi connectivity index (χ4n) is 3.04. The summed E-state index contributed by atoms with van der Waals surface area (Å²) in [6.07, 6.45) is 4.78. The number of fused-ring (bicyclic) bond motifs is 1. The van der Waals surface area contributed by atoms with E-state index in [1.54, 1.807) is 18.4 Å². The Kier molecular flexibility index (Phi) is 4.77. The normalized spacial score (nSPS) is 17.6. The largest absolute Gasteiger partial charge is 0.480 e. The van der Waals surface area contributed by atoms with Crippen LogP contribution < -0.4 is 10.1 Å². The van der Waals surface area contributed by atoms with Gasteiger partial charge in [-0.15, -0.1) is 11.3 Å². The average Bonchev–Trinajstić information content (AvgIpc) is 3.16. The highest BCUT2D eigenvalue weighted by molar-refractivity contribution is 7.15. The summed E-state index contributed by atoms with van der Waals surface area (Å²) in [6, 6.07) is 0. The summed E-state index contributed by atoms with van der Waals surface area (Å²) in [5.74, 6) is 1.40. The Hall–Kier alpha value is -1.11. The molecule has 1 saturated heterocycles. The molecule has 1 aliphatic heterocycles. The number of methoxy groups -OCH3 is 1. The van der Waals surface area contributed by atoms with Gasteiger partial charge in [-0.2, -0.15) is 4.98 Å². The standard InChI is InChI=1S/C15H24N4OS/c1-12(11-18-5-3-4-6-18)9-16-10-13-14(20-2)17-15-19(13)7-8-21-15/h7-8,12,16H,3-6,9-11H2,1-2H3. The molecule has 6 heteroatoms. The summed E-state index contributed by atoms with van der Waals surface area (Å²) in [7, 11) is 1.69. The van der Waals surface area contributed by atoms with Gasteiger partial charge in [0, 0.05) is 24.7 Å². The van der Waals surface area contributed by atoms with E-state index in [1.807, 2.05) is 0 Å². The van der Waals surface area contributed by atoms with Gasteiger partial charge >= 0.3 is 0 Å². The summed E-state index contributed by atoms with van der Waals surface area (Å²) >= 11 is 1.64. The maximum Gasteiger partial charge on any atom is 0.237 e. The minimum absolute atomic E-state index is 0.667. The highest BCUT2D eigenvalue weighted by Crippen LogP contribution is 2.22. The highest BCUT2D eigenvalue weighted by atomic mass is 32.1. The zero-order valence-electron chi connectivity index (χ0n) is 12.8. The lowest BCUT2D eigenvalue weighted by atomic mass is 10.1. The van der Waals surface area contributed by atoms with E-state index in [-0.39, 0.29) is 0 Å². The number of hydrogen-bond acceptors (Lipinski definition) is 5. The first-order valence-corrected chi connectivity index (χ1v) is 8.57. The quantitative estimate of drug-likeness (QED) is 0.852. The average molecular weight is 308 g/mol. The number of thiazole rings is 1. The fourth-order valence-corrected chi connectivity index (χ4v) is 3.77. The van der Waals surface area contributed by atoms with Crippen molar-refractivity contribution in [2.45, 2.75) is 26.3 Å². The van der Waals surface area contributed by atoms with Crippen molar-refractivity contribution < 1.29 is 4.74 Å². The van der Waals surface area contributed by atoms with Crippen LogP contribution in [-0.4, -0.2) is 47.6 Å². The number of nitrogens with one attached hydrogen (secondary N) is 1. The molecule has 0 spiro atoms. The van der Waals surface area contributed by atoms with Gasteiger partial charge in [0.1, 0.15) is 5.69 Å². The van der Waals surface area contributed by atoms with Gasteiger partial charge in [0.15, 0.2) is 4.96 Å². The van der Waals surface area contributed by atoms with Gasteiger partial charge in [0.25, 0.3) is 0 Å². The van der Waals surface area contributed by atoms with Crippen LogP contribution in [0.25, 0.3) is 4.96 Å². The molecule has 3 heterocycles. The molecular formula is C15H24N4OS. The fraction of sp³-hybridized carbons (Fsp3) is 0.667. The second-order valence-electron chi connectivity index (χ2n) is 5.87. The summed E-state index contributed by atoms with van der Waals surface area (Å²) < 4.78 is 7.49. The molecule has 0 radical (unpaired) electrons.